The lowest BCUT2D eigenvalue weighted by Gasteiger charge is -2.22. The molecule has 0 radical (unpaired) electrons. The van der Waals surface area contributed by atoms with Crippen molar-refractivity contribution in [3.63, 3.8) is 0 Å². The Hall–Kier alpha value is -3.02. The monoisotopic (exact) mass is 443 g/mol. The maximum atomic E-state index is 14.0. The number of amides is 1. The van der Waals surface area contributed by atoms with E-state index in [9.17, 15) is 9.18 Å². The highest BCUT2D eigenvalue weighted by Gasteiger charge is 2.23. The van der Waals surface area contributed by atoms with Crippen molar-refractivity contribution in [2.75, 3.05) is 0 Å². The van der Waals surface area contributed by atoms with Gasteiger partial charge in [0.2, 0.25) is 0 Å². The summed E-state index contributed by atoms with van der Waals surface area (Å²) >= 11 is 12.2. The van der Waals surface area contributed by atoms with E-state index in [4.69, 9.17) is 32.7 Å². The van der Waals surface area contributed by atoms with Crippen LogP contribution in [-0.4, -0.2) is 10.8 Å². The van der Waals surface area contributed by atoms with Gasteiger partial charge in [-0.3, -0.25) is 9.69 Å². The number of halogens is 3. The zero-order chi connectivity index (χ0) is 21.1. The molecule has 0 bridgehead atoms. The van der Waals surface area contributed by atoms with E-state index in [0.29, 0.717) is 15.8 Å². The SMILES string of the molecule is O=C(c1cc(F)ccc1Oc1cc(Cl)ccc1Cl)N1C=COC(C2=CC=CCC2)=C1. The van der Waals surface area contributed by atoms with Crippen LogP contribution in [0, 0.1) is 5.82 Å². The molecule has 2 aromatic rings. The molecule has 4 rings (SSSR count). The summed E-state index contributed by atoms with van der Waals surface area (Å²) < 4.78 is 25.3. The summed E-state index contributed by atoms with van der Waals surface area (Å²) in [5.41, 5.74) is 1.01. The molecule has 152 valence electrons. The number of benzene rings is 2. The average Bonchev–Trinajstić information content (AvgIpc) is 2.77. The van der Waals surface area contributed by atoms with Gasteiger partial charge in [-0.15, -0.1) is 0 Å². The van der Waals surface area contributed by atoms with Crippen molar-refractivity contribution in [2.45, 2.75) is 12.8 Å². The Morgan fingerprint density at radius 1 is 1.13 bits per heavy atom. The fourth-order valence-corrected chi connectivity index (χ4v) is 3.35. The molecule has 0 fully saturated rings. The Kier molecular flexibility index (Phi) is 5.93. The van der Waals surface area contributed by atoms with E-state index in [2.05, 4.69) is 6.08 Å². The fraction of sp³-hybridized carbons (Fsp3) is 0.0870. The zero-order valence-corrected chi connectivity index (χ0v) is 17.2. The number of hydrogen-bond donors (Lipinski definition) is 0. The molecular weight excluding hydrogens is 428 g/mol. The van der Waals surface area contributed by atoms with Gasteiger partial charge in [0.05, 0.1) is 16.8 Å². The van der Waals surface area contributed by atoms with Crippen LogP contribution in [-0.2, 0) is 4.74 Å². The van der Waals surface area contributed by atoms with Gasteiger partial charge in [0.1, 0.15) is 29.3 Å². The van der Waals surface area contributed by atoms with E-state index in [1.165, 1.54) is 35.6 Å². The average molecular weight is 444 g/mol. The van der Waals surface area contributed by atoms with Crippen molar-refractivity contribution in [3.05, 3.63) is 106 Å². The van der Waals surface area contributed by atoms with Crippen molar-refractivity contribution in [1.29, 1.82) is 0 Å². The Morgan fingerprint density at radius 3 is 2.80 bits per heavy atom. The molecule has 0 atom stereocenters. The normalized spacial score (nSPS) is 15.4. The molecule has 2 aliphatic rings. The molecular formula is C23H16Cl2FNO3. The number of allylic oxidation sites excluding steroid dienone is 4. The fourth-order valence-electron chi connectivity index (χ4n) is 3.03. The third-order valence-corrected chi connectivity index (χ3v) is 5.07. The van der Waals surface area contributed by atoms with Gasteiger partial charge in [0, 0.05) is 17.3 Å². The first kappa shape index (κ1) is 20.3. The topological polar surface area (TPSA) is 38.8 Å². The van der Waals surface area contributed by atoms with Crippen molar-refractivity contribution in [3.8, 4) is 11.5 Å². The maximum absolute atomic E-state index is 14.0. The molecule has 0 saturated heterocycles. The van der Waals surface area contributed by atoms with Gasteiger partial charge in [-0.05, 0) is 48.7 Å². The molecule has 0 saturated carbocycles. The Morgan fingerprint density at radius 2 is 2.00 bits per heavy atom. The summed E-state index contributed by atoms with van der Waals surface area (Å²) in [6, 6.07) is 8.43. The zero-order valence-electron chi connectivity index (χ0n) is 15.6. The van der Waals surface area contributed by atoms with Gasteiger partial charge in [-0.2, -0.15) is 0 Å². The van der Waals surface area contributed by atoms with E-state index >= 15 is 0 Å². The second kappa shape index (κ2) is 8.78. The van der Waals surface area contributed by atoms with Gasteiger partial charge >= 0.3 is 0 Å². The second-order valence-corrected chi connectivity index (χ2v) is 7.43. The molecule has 1 heterocycles. The standard InChI is InChI=1S/C23H16Cl2FNO3/c24-16-6-8-19(25)21(12-16)30-20-9-7-17(26)13-18(20)23(28)27-10-11-29-22(14-27)15-4-2-1-3-5-15/h1-2,4,6-14H,3,5H2. The third-order valence-electron chi connectivity index (χ3n) is 4.52. The van der Waals surface area contributed by atoms with Crippen LogP contribution in [0.15, 0.2) is 84.6 Å². The summed E-state index contributed by atoms with van der Waals surface area (Å²) in [5, 5.41) is 0.732. The van der Waals surface area contributed by atoms with Crippen LogP contribution in [0.25, 0.3) is 0 Å². The van der Waals surface area contributed by atoms with Crippen molar-refractivity contribution in [1.82, 2.24) is 4.90 Å². The summed E-state index contributed by atoms with van der Waals surface area (Å²) in [7, 11) is 0. The summed E-state index contributed by atoms with van der Waals surface area (Å²) in [6.45, 7) is 0. The molecule has 0 spiro atoms. The number of ether oxygens (including phenoxy) is 2. The van der Waals surface area contributed by atoms with E-state index < -0.39 is 11.7 Å². The first-order valence-electron chi connectivity index (χ1n) is 9.17. The summed E-state index contributed by atoms with van der Waals surface area (Å²) in [4.78, 5) is 14.5. The third kappa shape index (κ3) is 4.42. The van der Waals surface area contributed by atoms with Crippen LogP contribution in [0.5, 0.6) is 11.5 Å². The Labute approximate surface area is 183 Å². The number of nitrogens with zero attached hydrogens (tertiary/aromatic N) is 1. The van der Waals surface area contributed by atoms with Crippen LogP contribution in [0.2, 0.25) is 10.0 Å². The van der Waals surface area contributed by atoms with Gasteiger partial charge in [0.25, 0.3) is 5.91 Å². The minimum absolute atomic E-state index is 0.0331. The molecule has 0 N–H and O–H groups in total. The van der Waals surface area contributed by atoms with Crippen LogP contribution >= 0.6 is 23.2 Å². The predicted molar refractivity (Wildman–Crippen MR) is 114 cm³/mol. The lowest BCUT2D eigenvalue weighted by Crippen LogP contribution is -2.24. The highest BCUT2D eigenvalue weighted by atomic mass is 35.5. The van der Waals surface area contributed by atoms with Crippen molar-refractivity contribution >= 4 is 29.1 Å². The van der Waals surface area contributed by atoms with Gasteiger partial charge in [-0.25, -0.2) is 4.39 Å². The van der Waals surface area contributed by atoms with Crippen LogP contribution in [0.4, 0.5) is 4.39 Å². The van der Waals surface area contributed by atoms with E-state index in [1.807, 2.05) is 12.2 Å². The maximum Gasteiger partial charge on any atom is 0.265 e. The molecule has 0 aromatic heterocycles. The highest BCUT2D eigenvalue weighted by molar-refractivity contribution is 6.34. The molecule has 1 aliphatic carbocycles. The van der Waals surface area contributed by atoms with Crippen LogP contribution < -0.4 is 4.74 Å². The van der Waals surface area contributed by atoms with Crippen molar-refractivity contribution in [2.24, 2.45) is 0 Å². The molecule has 7 heteroatoms. The summed E-state index contributed by atoms with van der Waals surface area (Å²) in [6.07, 6.45) is 12.1. The van der Waals surface area contributed by atoms with E-state index in [1.54, 1.807) is 18.3 Å². The minimum atomic E-state index is -0.565. The van der Waals surface area contributed by atoms with Crippen molar-refractivity contribution < 1.29 is 18.7 Å². The van der Waals surface area contributed by atoms with E-state index in [-0.39, 0.29) is 17.1 Å². The first-order valence-corrected chi connectivity index (χ1v) is 9.93. The molecule has 1 amide bonds. The molecule has 4 nitrogen and oxygen atoms in total. The second-order valence-electron chi connectivity index (χ2n) is 6.58. The quantitative estimate of drug-likeness (QED) is 0.511. The van der Waals surface area contributed by atoms with Crippen LogP contribution in [0.1, 0.15) is 23.2 Å². The molecule has 2 aromatic carbocycles. The van der Waals surface area contributed by atoms with Crippen LogP contribution in [0.3, 0.4) is 0 Å². The lowest BCUT2D eigenvalue weighted by atomic mass is 10.0. The van der Waals surface area contributed by atoms with Gasteiger partial charge < -0.3 is 9.47 Å². The minimum Gasteiger partial charge on any atom is -0.462 e. The molecule has 1 aliphatic heterocycles. The summed E-state index contributed by atoms with van der Waals surface area (Å²) in [5.74, 6) is -0.0685. The number of carbonyl (C=O) groups excluding carboxylic acids is 1. The van der Waals surface area contributed by atoms with Gasteiger partial charge in [-0.1, -0.05) is 41.4 Å². The smallest absolute Gasteiger partial charge is 0.265 e. The number of carbonyl (C=O) groups is 1. The highest BCUT2D eigenvalue weighted by Crippen LogP contribution is 2.34. The largest absolute Gasteiger partial charge is 0.462 e. The first-order chi connectivity index (χ1) is 14.5. The number of hydrogen-bond acceptors (Lipinski definition) is 3. The van der Waals surface area contributed by atoms with E-state index in [0.717, 1.165) is 24.5 Å². The van der Waals surface area contributed by atoms with Gasteiger partial charge in [0.15, 0.2) is 0 Å². The Bertz CT molecular complexity index is 1120. The Balaban J connectivity index is 1.66. The molecule has 30 heavy (non-hydrogen) atoms. The molecule has 0 unspecified atom stereocenters. The predicted octanol–water partition coefficient (Wildman–Crippen LogP) is 6.99. The number of rotatable bonds is 4. The lowest BCUT2D eigenvalue weighted by molar-refractivity contribution is 0.0852.